The quantitative estimate of drug-likeness (QED) is 0.786. The average molecular weight is 369 g/mol. The van der Waals surface area contributed by atoms with Gasteiger partial charge in [0.25, 0.3) is 0 Å². The van der Waals surface area contributed by atoms with Crippen molar-refractivity contribution in [3.05, 3.63) is 68.5 Å². The molecule has 2 aromatic carbocycles. The summed E-state index contributed by atoms with van der Waals surface area (Å²) in [6.07, 6.45) is 0. The standard InChI is InChI=1S/C16H17FIN/c1-3-19-16(12-7-9-13(17)10-8-12)14-6-4-5-11(2)15(14)18/h4-10,16,19H,3H2,1-2H3. The molecular formula is C16H17FIN. The van der Waals surface area contributed by atoms with E-state index in [9.17, 15) is 4.39 Å². The Morgan fingerprint density at radius 3 is 2.47 bits per heavy atom. The third-order valence-electron chi connectivity index (χ3n) is 3.14. The van der Waals surface area contributed by atoms with E-state index in [2.05, 4.69) is 60.0 Å². The van der Waals surface area contributed by atoms with Gasteiger partial charge in [-0.3, -0.25) is 0 Å². The first-order valence-corrected chi connectivity index (χ1v) is 7.45. The van der Waals surface area contributed by atoms with Crippen LogP contribution in [0, 0.1) is 16.3 Å². The van der Waals surface area contributed by atoms with E-state index in [4.69, 9.17) is 0 Å². The molecule has 1 unspecified atom stereocenters. The van der Waals surface area contributed by atoms with E-state index in [-0.39, 0.29) is 11.9 Å². The molecule has 2 rings (SSSR count). The third-order valence-corrected chi connectivity index (χ3v) is 4.62. The second-order valence-corrected chi connectivity index (χ2v) is 5.60. The fourth-order valence-electron chi connectivity index (χ4n) is 2.16. The molecule has 0 radical (unpaired) electrons. The zero-order chi connectivity index (χ0) is 13.8. The van der Waals surface area contributed by atoms with E-state index >= 15 is 0 Å². The summed E-state index contributed by atoms with van der Waals surface area (Å²) in [6.45, 7) is 5.06. The van der Waals surface area contributed by atoms with Crippen LogP contribution in [0.15, 0.2) is 42.5 Å². The zero-order valence-corrected chi connectivity index (χ0v) is 13.2. The highest BCUT2D eigenvalue weighted by Crippen LogP contribution is 2.28. The van der Waals surface area contributed by atoms with Gasteiger partial charge in [0.15, 0.2) is 0 Å². The van der Waals surface area contributed by atoms with E-state index < -0.39 is 0 Å². The molecule has 0 amide bonds. The van der Waals surface area contributed by atoms with Crippen molar-refractivity contribution in [3.63, 3.8) is 0 Å². The molecule has 0 heterocycles. The second kappa shape index (κ2) is 6.48. The monoisotopic (exact) mass is 369 g/mol. The highest BCUT2D eigenvalue weighted by Gasteiger charge is 2.16. The molecule has 0 aromatic heterocycles. The minimum Gasteiger partial charge on any atom is -0.306 e. The second-order valence-electron chi connectivity index (χ2n) is 4.52. The van der Waals surface area contributed by atoms with Gasteiger partial charge in [0.05, 0.1) is 6.04 Å². The minimum absolute atomic E-state index is 0.109. The van der Waals surface area contributed by atoms with Crippen LogP contribution in [0.2, 0.25) is 0 Å². The van der Waals surface area contributed by atoms with Gasteiger partial charge in [0.2, 0.25) is 0 Å². The molecule has 1 nitrogen and oxygen atoms in total. The maximum absolute atomic E-state index is 13.1. The predicted octanol–water partition coefficient (Wildman–Crippen LogP) is 4.44. The molecule has 0 saturated carbocycles. The number of rotatable bonds is 4. The van der Waals surface area contributed by atoms with Crippen molar-refractivity contribution in [1.29, 1.82) is 0 Å². The maximum atomic E-state index is 13.1. The van der Waals surface area contributed by atoms with E-state index in [1.54, 1.807) is 0 Å². The molecule has 0 saturated heterocycles. The Bertz CT molecular complexity index is 551. The van der Waals surface area contributed by atoms with Gasteiger partial charge in [-0.05, 0) is 64.9 Å². The normalized spacial score (nSPS) is 12.4. The first-order valence-electron chi connectivity index (χ1n) is 6.37. The average Bonchev–Trinajstić information content (AvgIpc) is 2.41. The molecule has 1 N–H and O–H groups in total. The molecule has 0 fully saturated rings. The van der Waals surface area contributed by atoms with Crippen LogP contribution in [0.5, 0.6) is 0 Å². The first-order chi connectivity index (χ1) is 9.13. The van der Waals surface area contributed by atoms with Crippen molar-refractivity contribution >= 4 is 22.6 Å². The van der Waals surface area contributed by atoms with E-state index in [0.29, 0.717) is 0 Å². The van der Waals surface area contributed by atoms with Gasteiger partial charge >= 0.3 is 0 Å². The molecule has 0 aliphatic rings. The molecule has 1 atom stereocenters. The maximum Gasteiger partial charge on any atom is 0.123 e. The Hall–Kier alpha value is -0.940. The van der Waals surface area contributed by atoms with Gasteiger partial charge in [0, 0.05) is 3.57 Å². The summed E-state index contributed by atoms with van der Waals surface area (Å²) in [5.41, 5.74) is 3.60. The number of halogens is 2. The zero-order valence-electron chi connectivity index (χ0n) is 11.1. The highest BCUT2D eigenvalue weighted by molar-refractivity contribution is 14.1. The molecule has 2 aromatic rings. The molecule has 0 aliphatic carbocycles. The van der Waals surface area contributed by atoms with E-state index in [1.807, 2.05) is 12.1 Å². The fourth-order valence-corrected chi connectivity index (χ4v) is 2.83. The molecule has 0 bridgehead atoms. The van der Waals surface area contributed by atoms with Crippen molar-refractivity contribution in [3.8, 4) is 0 Å². The van der Waals surface area contributed by atoms with Crippen LogP contribution in [-0.2, 0) is 0 Å². The van der Waals surface area contributed by atoms with E-state index in [0.717, 1.165) is 12.1 Å². The van der Waals surface area contributed by atoms with Crippen LogP contribution in [-0.4, -0.2) is 6.54 Å². The van der Waals surface area contributed by atoms with Crippen LogP contribution in [0.25, 0.3) is 0 Å². The van der Waals surface area contributed by atoms with Gasteiger partial charge in [-0.25, -0.2) is 4.39 Å². The Morgan fingerprint density at radius 2 is 1.84 bits per heavy atom. The number of nitrogens with one attached hydrogen (secondary N) is 1. The fraction of sp³-hybridized carbons (Fsp3) is 0.250. The SMILES string of the molecule is CCNC(c1ccc(F)cc1)c1cccc(C)c1I. The summed E-state index contributed by atoms with van der Waals surface area (Å²) in [7, 11) is 0. The number of aryl methyl sites for hydroxylation is 1. The predicted molar refractivity (Wildman–Crippen MR) is 85.8 cm³/mol. The molecule has 0 aliphatic heterocycles. The smallest absolute Gasteiger partial charge is 0.123 e. The summed E-state index contributed by atoms with van der Waals surface area (Å²) >= 11 is 2.38. The molecule has 0 spiro atoms. The van der Waals surface area contributed by atoms with Gasteiger partial charge in [-0.15, -0.1) is 0 Å². The molecule has 19 heavy (non-hydrogen) atoms. The van der Waals surface area contributed by atoms with Crippen LogP contribution >= 0.6 is 22.6 Å². The van der Waals surface area contributed by atoms with Crippen LogP contribution in [0.4, 0.5) is 4.39 Å². The minimum atomic E-state index is -0.196. The topological polar surface area (TPSA) is 12.0 Å². The Labute approximate surface area is 127 Å². The summed E-state index contributed by atoms with van der Waals surface area (Å²) in [4.78, 5) is 0. The highest BCUT2D eigenvalue weighted by atomic mass is 127. The van der Waals surface area contributed by atoms with Gasteiger partial charge < -0.3 is 5.32 Å². The van der Waals surface area contributed by atoms with Crippen molar-refractivity contribution < 1.29 is 4.39 Å². The molecule has 3 heteroatoms. The molecular weight excluding hydrogens is 352 g/mol. The van der Waals surface area contributed by atoms with Crippen LogP contribution < -0.4 is 5.32 Å². The number of hydrogen-bond acceptors (Lipinski definition) is 1. The summed E-state index contributed by atoms with van der Waals surface area (Å²) in [6, 6.07) is 13.1. The van der Waals surface area contributed by atoms with E-state index in [1.165, 1.54) is 26.8 Å². The van der Waals surface area contributed by atoms with Crippen LogP contribution in [0.3, 0.4) is 0 Å². The Kier molecular flexibility index (Phi) is 4.93. The largest absolute Gasteiger partial charge is 0.306 e. The summed E-state index contributed by atoms with van der Waals surface area (Å²) in [5.74, 6) is -0.196. The van der Waals surface area contributed by atoms with Crippen molar-refractivity contribution in [2.24, 2.45) is 0 Å². The Morgan fingerprint density at radius 1 is 1.16 bits per heavy atom. The first kappa shape index (κ1) is 14.5. The van der Waals surface area contributed by atoms with Gasteiger partial charge in [-0.2, -0.15) is 0 Å². The summed E-state index contributed by atoms with van der Waals surface area (Å²) < 4.78 is 14.3. The lowest BCUT2D eigenvalue weighted by molar-refractivity contribution is 0.612. The van der Waals surface area contributed by atoms with Crippen molar-refractivity contribution in [1.82, 2.24) is 5.32 Å². The van der Waals surface area contributed by atoms with Crippen molar-refractivity contribution in [2.75, 3.05) is 6.54 Å². The van der Waals surface area contributed by atoms with Gasteiger partial charge in [-0.1, -0.05) is 37.3 Å². The number of benzene rings is 2. The lowest BCUT2D eigenvalue weighted by atomic mass is 9.97. The lowest BCUT2D eigenvalue weighted by Gasteiger charge is -2.21. The van der Waals surface area contributed by atoms with Gasteiger partial charge in [0.1, 0.15) is 5.82 Å². The van der Waals surface area contributed by atoms with Crippen molar-refractivity contribution in [2.45, 2.75) is 19.9 Å². The third kappa shape index (κ3) is 3.34. The lowest BCUT2D eigenvalue weighted by Crippen LogP contribution is -2.23. The summed E-state index contributed by atoms with van der Waals surface area (Å²) in [5, 5.41) is 3.48. The van der Waals surface area contributed by atoms with Crippen LogP contribution in [0.1, 0.15) is 29.7 Å². The number of hydrogen-bond donors (Lipinski definition) is 1. The molecule has 100 valence electrons. The Balaban J connectivity index is 2.45.